The Morgan fingerprint density at radius 1 is 1.27 bits per heavy atom. The van der Waals surface area contributed by atoms with Crippen molar-refractivity contribution < 1.29 is 9.90 Å². The third-order valence-electron chi connectivity index (χ3n) is 3.44. The highest BCUT2D eigenvalue weighted by molar-refractivity contribution is 9.10. The Labute approximate surface area is 162 Å². The first-order valence-corrected chi connectivity index (χ1v) is 9.16. The van der Waals surface area contributed by atoms with Crippen molar-refractivity contribution >= 4 is 44.4 Å². The zero-order chi connectivity index (χ0) is 18.5. The van der Waals surface area contributed by atoms with Gasteiger partial charge in [-0.3, -0.25) is 10.1 Å². The summed E-state index contributed by atoms with van der Waals surface area (Å²) in [4.78, 5) is 16.8. The van der Waals surface area contributed by atoms with Gasteiger partial charge in [-0.1, -0.05) is 52.3 Å². The van der Waals surface area contributed by atoms with Crippen LogP contribution in [0.1, 0.15) is 5.56 Å². The zero-order valence-electron chi connectivity index (χ0n) is 13.3. The number of benzene rings is 2. The maximum atomic E-state index is 12.4. The fourth-order valence-electron chi connectivity index (χ4n) is 2.17. The number of nitrogens with one attached hydrogen (secondary N) is 1. The second kappa shape index (κ2) is 7.95. The zero-order valence-corrected chi connectivity index (χ0v) is 15.7. The predicted molar refractivity (Wildman–Crippen MR) is 106 cm³/mol. The lowest BCUT2D eigenvalue weighted by molar-refractivity contribution is -0.112. The van der Waals surface area contributed by atoms with Gasteiger partial charge in [-0.2, -0.15) is 5.26 Å². The molecule has 0 spiro atoms. The molecule has 0 atom stereocenters. The van der Waals surface area contributed by atoms with Crippen molar-refractivity contribution in [3.63, 3.8) is 0 Å². The molecule has 0 saturated heterocycles. The van der Waals surface area contributed by atoms with Crippen LogP contribution in [0.3, 0.4) is 0 Å². The molecule has 26 heavy (non-hydrogen) atoms. The molecule has 0 aliphatic heterocycles. The van der Waals surface area contributed by atoms with Gasteiger partial charge in [0.2, 0.25) is 0 Å². The monoisotopic (exact) mass is 425 g/mol. The third-order valence-corrected chi connectivity index (χ3v) is 4.89. The summed E-state index contributed by atoms with van der Waals surface area (Å²) in [5, 5.41) is 23.6. The van der Waals surface area contributed by atoms with E-state index in [9.17, 15) is 15.2 Å². The van der Waals surface area contributed by atoms with E-state index < -0.39 is 5.91 Å². The summed E-state index contributed by atoms with van der Waals surface area (Å²) < 4.78 is 0.582. The smallest absolute Gasteiger partial charge is 0.268 e. The molecule has 0 bridgehead atoms. The van der Waals surface area contributed by atoms with Crippen LogP contribution >= 0.6 is 27.3 Å². The number of aromatic nitrogens is 1. The molecule has 0 saturated carbocycles. The van der Waals surface area contributed by atoms with Gasteiger partial charge in [-0.15, -0.1) is 11.3 Å². The summed E-state index contributed by atoms with van der Waals surface area (Å²) in [6.45, 7) is 0. The molecule has 7 heteroatoms. The number of carbonyl (C=O) groups excluding carboxylic acids is 1. The molecular weight excluding hydrogens is 414 g/mol. The van der Waals surface area contributed by atoms with Crippen LogP contribution in [0, 0.1) is 11.3 Å². The standard InChI is InChI=1S/C19H12BrN3O2S/c20-16-9-15(24)7-6-13(16)8-14(10-21)18(25)23-19-22-17(11-26-19)12-4-2-1-3-5-12/h1-9,11,24H,(H,22,23,25)/b14-8+. The number of carbonyl (C=O) groups is 1. The molecule has 0 fully saturated rings. The molecule has 5 nitrogen and oxygen atoms in total. The second-order valence-corrected chi connectivity index (χ2v) is 6.95. The molecule has 0 aliphatic carbocycles. The minimum absolute atomic E-state index is 0.0622. The summed E-state index contributed by atoms with van der Waals surface area (Å²) in [7, 11) is 0. The van der Waals surface area contributed by atoms with Crippen molar-refractivity contribution in [3.8, 4) is 23.1 Å². The van der Waals surface area contributed by atoms with Crippen molar-refractivity contribution in [2.75, 3.05) is 5.32 Å². The topological polar surface area (TPSA) is 86.0 Å². The second-order valence-electron chi connectivity index (χ2n) is 5.23. The van der Waals surface area contributed by atoms with Crippen LogP contribution in [0.15, 0.2) is 64.0 Å². The Morgan fingerprint density at radius 3 is 2.73 bits per heavy atom. The summed E-state index contributed by atoms with van der Waals surface area (Å²) in [6.07, 6.45) is 1.45. The van der Waals surface area contributed by atoms with Crippen LogP contribution in [0.4, 0.5) is 5.13 Å². The Hall–Kier alpha value is -2.95. The molecule has 128 valence electrons. The number of nitrogens with zero attached hydrogens (tertiary/aromatic N) is 2. The number of anilines is 1. The molecule has 1 heterocycles. The molecule has 2 aromatic carbocycles. The van der Waals surface area contributed by atoms with Gasteiger partial charge in [0.05, 0.1) is 5.69 Å². The maximum absolute atomic E-state index is 12.4. The fourth-order valence-corrected chi connectivity index (χ4v) is 3.37. The summed E-state index contributed by atoms with van der Waals surface area (Å²) in [5.74, 6) is -0.449. The van der Waals surface area contributed by atoms with Gasteiger partial charge in [0.1, 0.15) is 17.4 Å². The Morgan fingerprint density at radius 2 is 2.04 bits per heavy atom. The average Bonchev–Trinajstić information content (AvgIpc) is 3.10. The van der Waals surface area contributed by atoms with E-state index in [-0.39, 0.29) is 11.3 Å². The van der Waals surface area contributed by atoms with Crippen LogP contribution in [0.5, 0.6) is 5.75 Å². The number of phenolic OH excluding ortho intramolecular Hbond substituents is 1. The van der Waals surface area contributed by atoms with Crippen molar-refractivity contribution in [2.24, 2.45) is 0 Å². The largest absolute Gasteiger partial charge is 0.508 e. The summed E-state index contributed by atoms with van der Waals surface area (Å²) in [5.41, 5.74) is 2.26. The number of hydrogen-bond donors (Lipinski definition) is 2. The number of hydrogen-bond acceptors (Lipinski definition) is 5. The average molecular weight is 426 g/mol. The van der Waals surface area contributed by atoms with Gasteiger partial charge in [0.25, 0.3) is 5.91 Å². The molecule has 1 aromatic heterocycles. The SMILES string of the molecule is N#C/C(=C\c1ccc(O)cc1Br)C(=O)Nc1nc(-c2ccccc2)cs1. The molecule has 0 unspecified atom stereocenters. The molecule has 2 N–H and O–H groups in total. The quantitative estimate of drug-likeness (QED) is 0.463. The Bertz CT molecular complexity index is 1020. The van der Waals surface area contributed by atoms with Crippen LogP contribution in [-0.4, -0.2) is 16.0 Å². The summed E-state index contributed by atoms with van der Waals surface area (Å²) >= 11 is 4.58. The Kier molecular flexibility index (Phi) is 5.46. The molecule has 0 aliphatic rings. The number of rotatable bonds is 4. The van der Waals surface area contributed by atoms with Crippen LogP contribution in [0.25, 0.3) is 17.3 Å². The van der Waals surface area contributed by atoms with Crippen molar-refractivity contribution in [1.82, 2.24) is 4.98 Å². The van der Waals surface area contributed by atoms with Gasteiger partial charge in [0.15, 0.2) is 5.13 Å². The Balaban J connectivity index is 1.79. The first kappa shape index (κ1) is 17.9. The van der Waals surface area contributed by atoms with E-state index in [0.717, 1.165) is 11.3 Å². The van der Waals surface area contributed by atoms with E-state index in [1.54, 1.807) is 6.07 Å². The van der Waals surface area contributed by atoms with Crippen LogP contribution in [-0.2, 0) is 4.79 Å². The van der Waals surface area contributed by atoms with Crippen molar-refractivity contribution in [2.45, 2.75) is 0 Å². The highest BCUT2D eigenvalue weighted by Gasteiger charge is 2.13. The number of aromatic hydroxyl groups is 1. The highest BCUT2D eigenvalue weighted by Crippen LogP contribution is 2.26. The lowest BCUT2D eigenvalue weighted by Gasteiger charge is -2.02. The minimum atomic E-state index is -0.540. The number of thiazole rings is 1. The fraction of sp³-hybridized carbons (Fsp3) is 0. The molecule has 3 rings (SSSR count). The van der Waals surface area contributed by atoms with Crippen LogP contribution in [0.2, 0.25) is 0 Å². The van der Waals surface area contributed by atoms with Crippen LogP contribution < -0.4 is 5.32 Å². The summed E-state index contributed by atoms with van der Waals surface area (Å²) in [6, 6.07) is 16.1. The van der Waals surface area contributed by atoms with E-state index in [2.05, 4.69) is 26.2 Å². The van der Waals surface area contributed by atoms with Crippen molar-refractivity contribution in [1.29, 1.82) is 5.26 Å². The van der Waals surface area contributed by atoms with E-state index in [1.807, 2.05) is 41.8 Å². The number of phenols is 1. The van der Waals surface area contributed by atoms with E-state index >= 15 is 0 Å². The maximum Gasteiger partial charge on any atom is 0.268 e. The van der Waals surface area contributed by atoms with Crippen molar-refractivity contribution in [3.05, 3.63) is 69.5 Å². The first-order valence-electron chi connectivity index (χ1n) is 7.49. The number of amides is 1. The lowest BCUT2D eigenvalue weighted by atomic mass is 10.1. The molecule has 3 aromatic rings. The third kappa shape index (κ3) is 4.17. The van der Waals surface area contributed by atoms with Gasteiger partial charge in [0, 0.05) is 15.4 Å². The normalized spacial score (nSPS) is 11.0. The van der Waals surface area contributed by atoms with E-state index in [0.29, 0.717) is 15.2 Å². The number of halogens is 1. The van der Waals surface area contributed by atoms with Gasteiger partial charge < -0.3 is 5.11 Å². The first-order chi connectivity index (χ1) is 12.6. The van der Waals surface area contributed by atoms with Gasteiger partial charge in [-0.25, -0.2) is 4.98 Å². The van der Waals surface area contributed by atoms with Gasteiger partial charge in [-0.05, 0) is 23.8 Å². The van der Waals surface area contributed by atoms with E-state index in [4.69, 9.17) is 0 Å². The van der Waals surface area contributed by atoms with Gasteiger partial charge >= 0.3 is 0 Å². The lowest BCUT2D eigenvalue weighted by Crippen LogP contribution is -2.13. The minimum Gasteiger partial charge on any atom is -0.508 e. The molecular formula is C19H12BrN3O2S. The van der Waals surface area contributed by atoms with E-state index in [1.165, 1.54) is 29.5 Å². The molecule has 1 amide bonds. The number of nitriles is 1. The highest BCUT2D eigenvalue weighted by atomic mass is 79.9. The molecule has 0 radical (unpaired) electrons. The predicted octanol–water partition coefficient (Wildman–Crippen LogP) is 4.82.